The van der Waals surface area contributed by atoms with E-state index in [4.69, 9.17) is 5.73 Å². The van der Waals surface area contributed by atoms with Crippen LogP contribution in [-0.2, 0) is 0 Å². The van der Waals surface area contributed by atoms with Crippen molar-refractivity contribution in [3.8, 4) is 0 Å². The quantitative estimate of drug-likeness (QED) is 0.855. The standard InChI is InChI=1S/C17H24N4/c1-5-16(20(3)4)21(14-9-7-6-8-10-14)15-11-12-19-13(2)17(15)18/h6-12,16H,5,18H2,1-4H3. The molecule has 0 fully saturated rings. The second-order valence-corrected chi connectivity index (χ2v) is 5.39. The zero-order valence-corrected chi connectivity index (χ0v) is 13.2. The van der Waals surface area contributed by atoms with Crippen LogP contribution >= 0.6 is 0 Å². The molecule has 1 unspecified atom stereocenters. The fourth-order valence-corrected chi connectivity index (χ4v) is 2.61. The van der Waals surface area contributed by atoms with Crippen molar-refractivity contribution in [2.75, 3.05) is 24.7 Å². The van der Waals surface area contributed by atoms with Crippen LogP contribution in [0.25, 0.3) is 0 Å². The minimum atomic E-state index is 0.233. The highest BCUT2D eigenvalue weighted by molar-refractivity contribution is 5.76. The number of aromatic nitrogens is 1. The number of para-hydroxylation sites is 1. The highest BCUT2D eigenvalue weighted by Gasteiger charge is 2.23. The number of hydrogen-bond acceptors (Lipinski definition) is 4. The SMILES string of the molecule is CCC(N(C)C)N(c1ccccc1)c1ccnc(C)c1N. The molecular weight excluding hydrogens is 260 g/mol. The Morgan fingerprint density at radius 1 is 1.14 bits per heavy atom. The molecule has 0 bridgehead atoms. The van der Waals surface area contributed by atoms with Crippen molar-refractivity contribution in [3.63, 3.8) is 0 Å². The molecule has 1 atom stereocenters. The van der Waals surface area contributed by atoms with E-state index in [1.807, 2.05) is 25.3 Å². The lowest BCUT2D eigenvalue weighted by Gasteiger charge is -2.38. The molecule has 4 heteroatoms. The third-order valence-corrected chi connectivity index (χ3v) is 3.72. The zero-order valence-electron chi connectivity index (χ0n) is 13.2. The molecule has 21 heavy (non-hydrogen) atoms. The predicted octanol–water partition coefficient (Wildman–Crippen LogP) is 3.41. The lowest BCUT2D eigenvalue weighted by atomic mass is 10.1. The molecule has 1 heterocycles. The molecule has 2 aromatic rings. The van der Waals surface area contributed by atoms with Gasteiger partial charge in [-0.15, -0.1) is 0 Å². The van der Waals surface area contributed by atoms with Crippen LogP contribution in [0.4, 0.5) is 17.1 Å². The van der Waals surface area contributed by atoms with Crippen molar-refractivity contribution in [3.05, 3.63) is 48.3 Å². The monoisotopic (exact) mass is 284 g/mol. The van der Waals surface area contributed by atoms with Gasteiger partial charge in [0.25, 0.3) is 0 Å². The van der Waals surface area contributed by atoms with Crippen LogP contribution < -0.4 is 10.6 Å². The number of hydrogen-bond donors (Lipinski definition) is 1. The third-order valence-electron chi connectivity index (χ3n) is 3.72. The fourth-order valence-electron chi connectivity index (χ4n) is 2.61. The topological polar surface area (TPSA) is 45.4 Å². The highest BCUT2D eigenvalue weighted by Crippen LogP contribution is 2.34. The average Bonchev–Trinajstić information content (AvgIpc) is 2.48. The Kier molecular flexibility index (Phi) is 4.81. The molecule has 4 nitrogen and oxygen atoms in total. The molecule has 0 aliphatic heterocycles. The second-order valence-electron chi connectivity index (χ2n) is 5.39. The van der Waals surface area contributed by atoms with Gasteiger partial charge in [-0.05, 0) is 45.6 Å². The maximum absolute atomic E-state index is 6.29. The van der Waals surface area contributed by atoms with Crippen molar-refractivity contribution in [2.24, 2.45) is 0 Å². The Morgan fingerprint density at radius 3 is 2.38 bits per heavy atom. The van der Waals surface area contributed by atoms with Crippen molar-refractivity contribution < 1.29 is 0 Å². The summed E-state index contributed by atoms with van der Waals surface area (Å²) in [6.45, 7) is 4.13. The first-order valence-electron chi connectivity index (χ1n) is 7.28. The fraction of sp³-hybridized carbons (Fsp3) is 0.353. The molecule has 0 saturated carbocycles. The summed E-state index contributed by atoms with van der Waals surface area (Å²) in [5.74, 6) is 0. The average molecular weight is 284 g/mol. The van der Waals surface area contributed by atoms with E-state index in [1.165, 1.54) is 0 Å². The van der Waals surface area contributed by atoms with Crippen LogP contribution in [-0.4, -0.2) is 30.1 Å². The number of pyridine rings is 1. The lowest BCUT2D eigenvalue weighted by Crippen LogP contribution is -2.42. The Hall–Kier alpha value is -2.07. The van der Waals surface area contributed by atoms with Crippen LogP contribution in [0, 0.1) is 6.92 Å². The van der Waals surface area contributed by atoms with E-state index in [1.54, 1.807) is 0 Å². The van der Waals surface area contributed by atoms with Crippen LogP contribution in [0.15, 0.2) is 42.6 Å². The van der Waals surface area contributed by atoms with Gasteiger partial charge < -0.3 is 10.6 Å². The van der Waals surface area contributed by atoms with E-state index in [0.29, 0.717) is 0 Å². The second kappa shape index (κ2) is 6.59. The molecule has 2 N–H and O–H groups in total. The number of benzene rings is 1. The Bertz CT molecular complexity index is 581. The van der Waals surface area contributed by atoms with Gasteiger partial charge in [-0.2, -0.15) is 0 Å². The first-order valence-corrected chi connectivity index (χ1v) is 7.28. The van der Waals surface area contributed by atoms with Crippen LogP contribution in [0.1, 0.15) is 19.0 Å². The first-order chi connectivity index (χ1) is 10.1. The summed E-state index contributed by atoms with van der Waals surface area (Å²) in [5, 5.41) is 0. The molecule has 0 aliphatic carbocycles. The van der Waals surface area contributed by atoms with E-state index in [2.05, 4.69) is 60.1 Å². The minimum absolute atomic E-state index is 0.233. The van der Waals surface area contributed by atoms with Gasteiger partial charge in [0, 0.05) is 11.9 Å². The van der Waals surface area contributed by atoms with Gasteiger partial charge in [-0.1, -0.05) is 25.1 Å². The van der Waals surface area contributed by atoms with Gasteiger partial charge in [0.1, 0.15) is 0 Å². The largest absolute Gasteiger partial charge is 0.396 e. The number of rotatable bonds is 5. The van der Waals surface area contributed by atoms with Gasteiger partial charge in [0.15, 0.2) is 0 Å². The number of nitrogens with zero attached hydrogens (tertiary/aromatic N) is 3. The summed E-state index contributed by atoms with van der Waals surface area (Å²) in [7, 11) is 4.18. The van der Waals surface area contributed by atoms with E-state index in [0.717, 1.165) is 29.2 Å². The number of anilines is 3. The molecule has 1 aromatic carbocycles. The van der Waals surface area contributed by atoms with Gasteiger partial charge in [0.05, 0.1) is 23.2 Å². The molecule has 1 aromatic heterocycles. The zero-order chi connectivity index (χ0) is 15.4. The van der Waals surface area contributed by atoms with E-state index < -0.39 is 0 Å². The molecule has 0 saturated heterocycles. The van der Waals surface area contributed by atoms with Crippen LogP contribution in [0.2, 0.25) is 0 Å². The summed E-state index contributed by atoms with van der Waals surface area (Å²) in [6.07, 6.45) is 3.04. The lowest BCUT2D eigenvalue weighted by molar-refractivity contribution is 0.290. The Morgan fingerprint density at radius 2 is 1.81 bits per heavy atom. The molecule has 0 aliphatic rings. The number of nitrogen functional groups attached to an aromatic ring is 1. The minimum Gasteiger partial charge on any atom is -0.396 e. The molecule has 2 rings (SSSR count). The molecular formula is C17H24N4. The highest BCUT2D eigenvalue weighted by atomic mass is 15.3. The first kappa shape index (κ1) is 15.3. The molecule has 0 amide bonds. The van der Waals surface area contributed by atoms with E-state index >= 15 is 0 Å². The Balaban J connectivity index is 2.58. The normalized spacial score (nSPS) is 12.4. The van der Waals surface area contributed by atoms with E-state index in [-0.39, 0.29) is 6.17 Å². The number of aryl methyl sites for hydroxylation is 1. The van der Waals surface area contributed by atoms with Crippen molar-refractivity contribution in [1.29, 1.82) is 0 Å². The predicted molar refractivity (Wildman–Crippen MR) is 89.7 cm³/mol. The smallest absolute Gasteiger partial charge is 0.0863 e. The van der Waals surface area contributed by atoms with E-state index in [9.17, 15) is 0 Å². The van der Waals surface area contributed by atoms with Crippen molar-refractivity contribution in [1.82, 2.24) is 9.88 Å². The van der Waals surface area contributed by atoms with Gasteiger partial charge in [0.2, 0.25) is 0 Å². The van der Waals surface area contributed by atoms with Crippen LogP contribution in [0.3, 0.4) is 0 Å². The third kappa shape index (κ3) is 3.16. The molecule has 0 radical (unpaired) electrons. The Labute approximate surface area is 127 Å². The maximum atomic E-state index is 6.29. The summed E-state index contributed by atoms with van der Waals surface area (Å²) in [6, 6.07) is 12.3. The molecule has 0 spiro atoms. The summed E-state index contributed by atoms with van der Waals surface area (Å²) < 4.78 is 0. The number of nitrogens with two attached hydrogens (primary N) is 1. The summed E-state index contributed by atoms with van der Waals surface area (Å²) in [4.78, 5) is 8.77. The molecule has 112 valence electrons. The van der Waals surface area contributed by atoms with Gasteiger partial charge in [-0.3, -0.25) is 9.88 Å². The summed E-state index contributed by atoms with van der Waals surface area (Å²) >= 11 is 0. The van der Waals surface area contributed by atoms with Gasteiger partial charge >= 0.3 is 0 Å². The van der Waals surface area contributed by atoms with Gasteiger partial charge in [-0.25, -0.2) is 0 Å². The summed E-state index contributed by atoms with van der Waals surface area (Å²) in [5.41, 5.74) is 10.0. The van der Waals surface area contributed by atoms with Crippen LogP contribution in [0.5, 0.6) is 0 Å². The van der Waals surface area contributed by atoms with Crippen molar-refractivity contribution >= 4 is 17.1 Å². The van der Waals surface area contributed by atoms with Crippen molar-refractivity contribution in [2.45, 2.75) is 26.4 Å². The maximum Gasteiger partial charge on any atom is 0.0863 e.